The number of ether oxygens (including phenoxy) is 1. The van der Waals surface area contributed by atoms with E-state index in [4.69, 9.17) is 4.74 Å². The Bertz CT molecular complexity index is 353. The third kappa shape index (κ3) is 4.02. The maximum atomic E-state index is 11.8. The Morgan fingerprint density at radius 1 is 1.41 bits per heavy atom. The fourth-order valence-corrected chi connectivity index (χ4v) is 2.44. The Balaban J connectivity index is 1.69. The highest BCUT2D eigenvalue weighted by molar-refractivity contribution is 7.99. The minimum atomic E-state index is 0.219. The predicted octanol–water partition coefficient (Wildman–Crippen LogP) is 1.42. The standard InChI is InChI=1S/C12H16N2O2S/c15-12(14-6-8-16-9-7-14)4-10-17-11-3-1-2-5-13-11/h1-3,5H,4,6-10H2. The van der Waals surface area contributed by atoms with Gasteiger partial charge in [0.05, 0.1) is 18.2 Å². The first-order valence-corrected chi connectivity index (χ1v) is 6.74. The zero-order valence-electron chi connectivity index (χ0n) is 9.67. The van der Waals surface area contributed by atoms with Gasteiger partial charge in [0, 0.05) is 31.5 Å². The van der Waals surface area contributed by atoms with Gasteiger partial charge in [0.15, 0.2) is 0 Å². The van der Waals surface area contributed by atoms with Crippen LogP contribution >= 0.6 is 11.8 Å². The third-order valence-corrected chi connectivity index (χ3v) is 3.51. The second kappa shape index (κ2) is 6.61. The Labute approximate surface area is 105 Å². The van der Waals surface area contributed by atoms with Crippen molar-refractivity contribution in [2.24, 2.45) is 0 Å². The van der Waals surface area contributed by atoms with Crippen LogP contribution in [0.1, 0.15) is 6.42 Å². The molecule has 0 N–H and O–H groups in total. The molecule has 1 fully saturated rings. The first-order chi connectivity index (χ1) is 8.36. The molecular weight excluding hydrogens is 236 g/mol. The molecule has 5 heteroatoms. The molecule has 0 aromatic carbocycles. The SMILES string of the molecule is O=C(CCSc1ccccn1)N1CCOCC1. The lowest BCUT2D eigenvalue weighted by atomic mass is 10.3. The van der Waals surface area contributed by atoms with E-state index in [0.717, 1.165) is 23.9 Å². The Kier molecular flexibility index (Phi) is 4.82. The third-order valence-electron chi connectivity index (χ3n) is 2.57. The number of hydrogen-bond acceptors (Lipinski definition) is 4. The van der Waals surface area contributed by atoms with Crippen molar-refractivity contribution < 1.29 is 9.53 Å². The Morgan fingerprint density at radius 3 is 2.94 bits per heavy atom. The molecule has 2 rings (SSSR count). The van der Waals surface area contributed by atoms with Crippen LogP contribution in [0.25, 0.3) is 0 Å². The molecular formula is C12H16N2O2S. The van der Waals surface area contributed by atoms with Crippen LogP contribution in [0.5, 0.6) is 0 Å². The molecule has 1 aliphatic heterocycles. The second-order valence-corrected chi connectivity index (χ2v) is 4.87. The van der Waals surface area contributed by atoms with E-state index < -0.39 is 0 Å². The molecule has 0 saturated carbocycles. The van der Waals surface area contributed by atoms with E-state index in [1.54, 1.807) is 18.0 Å². The van der Waals surface area contributed by atoms with E-state index in [9.17, 15) is 4.79 Å². The zero-order chi connectivity index (χ0) is 11.9. The molecule has 0 spiro atoms. The minimum absolute atomic E-state index is 0.219. The van der Waals surface area contributed by atoms with Crippen LogP contribution in [0.3, 0.4) is 0 Å². The molecule has 17 heavy (non-hydrogen) atoms. The van der Waals surface area contributed by atoms with Crippen molar-refractivity contribution in [3.63, 3.8) is 0 Å². The summed E-state index contributed by atoms with van der Waals surface area (Å²) in [7, 11) is 0. The van der Waals surface area contributed by atoms with E-state index in [1.165, 1.54) is 0 Å². The lowest BCUT2D eigenvalue weighted by Crippen LogP contribution is -2.40. The highest BCUT2D eigenvalue weighted by Crippen LogP contribution is 2.15. The number of aromatic nitrogens is 1. The molecule has 1 aromatic heterocycles. The van der Waals surface area contributed by atoms with E-state index in [1.807, 2.05) is 23.1 Å². The summed E-state index contributed by atoms with van der Waals surface area (Å²) in [5.41, 5.74) is 0. The summed E-state index contributed by atoms with van der Waals surface area (Å²) >= 11 is 1.62. The van der Waals surface area contributed by atoms with Crippen LogP contribution in [-0.4, -0.2) is 47.8 Å². The number of thioether (sulfide) groups is 1. The number of amides is 1. The quantitative estimate of drug-likeness (QED) is 0.760. The molecule has 1 aliphatic rings. The molecule has 4 nitrogen and oxygen atoms in total. The van der Waals surface area contributed by atoms with Crippen molar-refractivity contribution in [1.82, 2.24) is 9.88 Å². The maximum Gasteiger partial charge on any atom is 0.223 e. The summed E-state index contributed by atoms with van der Waals surface area (Å²) in [4.78, 5) is 17.9. The van der Waals surface area contributed by atoms with E-state index in [2.05, 4.69) is 4.98 Å². The summed E-state index contributed by atoms with van der Waals surface area (Å²) < 4.78 is 5.21. The van der Waals surface area contributed by atoms with E-state index in [0.29, 0.717) is 19.6 Å². The van der Waals surface area contributed by atoms with Crippen LogP contribution in [-0.2, 0) is 9.53 Å². The predicted molar refractivity (Wildman–Crippen MR) is 67.0 cm³/mol. The molecule has 0 radical (unpaired) electrons. The molecule has 0 aliphatic carbocycles. The van der Waals surface area contributed by atoms with Gasteiger partial charge in [-0.15, -0.1) is 11.8 Å². The van der Waals surface area contributed by atoms with Gasteiger partial charge in [-0.1, -0.05) is 6.07 Å². The molecule has 0 bridgehead atoms. The number of nitrogens with zero attached hydrogens (tertiary/aromatic N) is 2. The Morgan fingerprint density at radius 2 is 2.24 bits per heavy atom. The lowest BCUT2D eigenvalue weighted by molar-refractivity contribution is -0.134. The smallest absolute Gasteiger partial charge is 0.223 e. The van der Waals surface area contributed by atoms with Gasteiger partial charge in [-0.3, -0.25) is 4.79 Å². The number of rotatable bonds is 4. The van der Waals surface area contributed by atoms with E-state index in [-0.39, 0.29) is 5.91 Å². The van der Waals surface area contributed by atoms with Gasteiger partial charge >= 0.3 is 0 Å². The number of pyridine rings is 1. The van der Waals surface area contributed by atoms with Gasteiger partial charge in [0.2, 0.25) is 5.91 Å². The number of hydrogen-bond donors (Lipinski definition) is 0. The molecule has 92 valence electrons. The van der Waals surface area contributed by atoms with E-state index >= 15 is 0 Å². The number of carbonyl (C=O) groups is 1. The number of morpholine rings is 1. The van der Waals surface area contributed by atoms with Gasteiger partial charge in [0.1, 0.15) is 0 Å². The molecule has 2 heterocycles. The molecule has 1 aromatic rings. The average Bonchev–Trinajstić information content (AvgIpc) is 2.41. The summed E-state index contributed by atoms with van der Waals surface area (Å²) in [6.07, 6.45) is 2.34. The summed E-state index contributed by atoms with van der Waals surface area (Å²) in [5.74, 6) is 1.00. The highest BCUT2D eigenvalue weighted by atomic mass is 32.2. The van der Waals surface area contributed by atoms with Crippen molar-refractivity contribution in [1.29, 1.82) is 0 Å². The van der Waals surface area contributed by atoms with Gasteiger partial charge in [-0.05, 0) is 12.1 Å². The molecule has 1 amide bonds. The summed E-state index contributed by atoms with van der Waals surface area (Å²) in [6, 6.07) is 5.81. The molecule has 0 atom stereocenters. The number of carbonyl (C=O) groups excluding carboxylic acids is 1. The van der Waals surface area contributed by atoms with Crippen molar-refractivity contribution >= 4 is 17.7 Å². The van der Waals surface area contributed by atoms with Crippen molar-refractivity contribution in [3.05, 3.63) is 24.4 Å². The monoisotopic (exact) mass is 252 g/mol. The highest BCUT2D eigenvalue weighted by Gasteiger charge is 2.16. The van der Waals surface area contributed by atoms with Crippen molar-refractivity contribution in [2.45, 2.75) is 11.4 Å². The van der Waals surface area contributed by atoms with Gasteiger partial charge < -0.3 is 9.64 Å². The Hall–Kier alpha value is -1.07. The van der Waals surface area contributed by atoms with Crippen LogP contribution in [0, 0.1) is 0 Å². The first kappa shape index (κ1) is 12.4. The largest absolute Gasteiger partial charge is 0.378 e. The topological polar surface area (TPSA) is 42.4 Å². The fourth-order valence-electron chi connectivity index (χ4n) is 1.65. The van der Waals surface area contributed by atoms with Crippen LogP contribution in [0.15, 0.2) is 29.4 Å². The maximum absolute atomic E-state index is 11.8. The average molecular weight is 252 g/mol. The van der Waals surface area contributed by atoms with Gasteiger partial charge in [-0.25, -0.2) is 4.98 Å². The lowest BCUT2D eigenvalue weighted by Gasteiger charge is -2.26. The molecule has 0 unspecified atom stereocenters. The summed E-state index contributed by atoms with van der Waals surface area (Å²) in [6.45, 7) is 2.79. The normalized spacial score (nSPS) is 15.9. The zero-order valence-corrected chi connectivity index (χ0v) is 10.5. The second-order valence-electron chi connectivity index (χ2n) is 3.76. The van der Waals surface area contributed by atoms with Crippen LogP contribution in [0.4, 0.5) is 0 Å². The molecule has 1 saturated heterocycles. The minimum Gasteiger partial charge on any atom is -0.378 e. The first-order valence-electron chi connectivity index (χ1n) is 5.75. The fraction of sp³-hybridized carbons (Fsp3) is 0.500. The van der Waals surface area contributed by atoms with Crippen molar-refractivity contribution in [3.8, 4) is 0 Å². The van der Waals surface area contributed by atoms with Crippen LogP contribution < -0.4 is 0 Å². The summed E-state index contributed by atoms with van der Waals surface area (Å²) in [5, 5.41) is 0.974. The van der Waals surface area contributed by atoms with Gasteiger partial charge in [-0.2, -0.15) is 0 Å². The van der Waals surface area contributed by atoms with Crippen LogP contribution in [0.2, 0.25) is 0 Å². The van der Waals surface area contributed by atoms with Crippen molar-refractivity contribution in [2.75, 3.05) is 32.1 Å². The van der Waals surface area contributed by atoms with Gasteiger partial charge in [0.25, 0.3) is 0 Å².